The molecule has 0 saturated heterocycles. The first-order chi connectivity index (χ1) is 4.72. The lowest BCUT2D eigenvalue weighted by molar-refractivity contribution is -0.136. The number of carbonyl (C=O) groups excluding carboxylic acids is 1. The van der Waals surface area contributed by atoms with Gasteiger partial charge in [0, 0.05) is 13.2 Å². The van der Waals surface area contributed by atoms with Gasteiger partial charge in [-0.1, -0.05) is 0 Å². The molecule has 0 aromatic heterocycles. The molecule has 4 heteroatoms. The molecular weight excluding hydrogens is 132 g/mol. The number of amides is 1. The number of nitrogens with zero attached hydrogens (tertiary/aromatic N) is 1. The fraction of sp³-hybridized carbons (Fsp3) is 0.833. The summed E-state index contributed by atoms with van der Waals surface area (Å²) in [6, 6.07) is 0. The van der Waals surface area contributed by atoms with Crippen molar-refractivity contribution in [3.8, 4) is 0 Å². The largest absolute Gasteiger partial charge is 0.372 e. The molecule has 0 saturated carbocycles. The minimum atomic E-state index is -0.177. The molecule has 0 aliphatic carbocycles. The summed E-state index contributed by atoms with van der Waals surface area (Å²) in [5.74, 6) is 5.08. The van der Waals surface area contributed by atoms with Crippen LogP contribution in [0.5, 0.6) is 0 Å². The molecule has 0 aliphatic rings. The molecule has 0 rings (SSSR count). The molecule has 2 N–H and O–H groups in total. The summed E-state index contributed by atoms with van der Waals surface area (Å²) < 4.78 is 4.85. The molecule has 0 aromatic carbocycles. The average Bonchev–Trinajstić information content (AvgIpc) is 1.98. The first-order valence-electron chi connectivity index (χ1n) is 3.35. The van der Waals surface area contributed by atoms with Crippen molar-refractivity contribution in [2.75, 3.05) is 19.8 Å². The van der Waals surface area contributed by atoms with Gasteiger partial charge in [0.05, 0.1) is 0 Å². The molecule has 0 fully saturated rings. The summed E-state index contributed by atoms with van der Waals surface area (Å²) in [5, 5.41) is 1.13. The van der Waals surface area contributed by atoms with Crippen LogP contribution in [0, 0.1) is 0 Å². The van der Waals surface area contributed by atoms with Crippen molar-refractivity contribution in [1.82, 2.24) is 5.01 Å². The van der Waals surface area contributed by atoms with E-state index >= 15 is 0 Å². The number of carbonyl (C=O) groups is 1. The van der Waals surface area contributed by atoms with E-state index in [2.05, 4.69) is 0 Å². The highest BCUT2D eigenvalue weighted by Gasteiger charge is 2.04. The van der Waals surface area contributed by atoms with Gasteiger partial charge in [0.2, 0.25) is 0 Å². The van der Waals surface area contributed by atoms with Gasteiger partial charge in [-0.2, -0.15) is 0 Å². The zero-order valence-corrected chi connectivity index (χ0v) is 6.46. The SMILES string of the molecule is CCOCC(=O)N(N)CC. The number of hydrogen-bond donors (Lipinski definition) is 1. The number of hydrogen-bond acceptors (Lipinski definition) is 3. The maximum atomic E-state index is 10.8. The van der Waals surface area contributed by atoms with Crippen LogP contribution in [0.1, 0.15) is 13.8 Å². The molecule has 0 radical (unpaired) electrons. The van der Waals surface area contributed by atoms with E-state index in [4.69, 9.17) is 10.6 Å². The minimum absolute atomic E-state index is 0.0842. The predicted octanol–water partition coefficient (Wildman–Crippen LogP) is -0.255. The molecule has 0 aliphatic heterocycles. The Morgan fingerprint density at radius 3 is 2.60 bits per heavy atom. The number of hydrazine groups is 1. The fourth-order valence-corrected chi connectivity index (χ4v) is 0.449. The Labute approximate surface area is 60.9 Å². The molecule has 0 spiro atoms. The molecule has 0 bridgehead atoms. The van der Waals surface area contributed by atoms with E-state index in [-0.39, 0.29) is 12.5 Å². The summed E-state index contributed by atoms with van der Waals surface area (Å²) >= 11 is 0. The van der Waals surface area contributed by atoms with Crippen molar-refractivity contribution in [3.05, 3.63) is 0 Å². The second-order valence-corrected chi connectivity index (χ2v) is 1.82. The summed E-state index contributed by atoms with van der Waals surface area (Å²) in [4.78, 5) is 10.8. The molecule has 60 valence electrons. The van der Waals surface area contributed by atoms with Crippen molar-refractivity contribution >= 4 is 5.91 Å². The molecule has 1 amide bonds. The fourth-order valence-electron chi connectivity index (χ4n) is 0.449. The first kappa shape index (κ1) is 9.39. The van der Waals surface area contributed by atoms with Gasteiger partial charge in [-0.15, -0.1) is 0 Å². The predicted molar refractivity (Wildman–Crippen MR) is 38.1 cm³/mol. The normalized spacial score (nSPS) is 9.50. The third kappa shape index (κ3) is 3.42. The van der Waals surface area contributed by atoms with Crippen LogP contribution >= 0.6 is 0 Å². The second kappa shape index (κ2) is 5.20. The molecule has 4 nitrogen and oxygen atoms in total. The summed E-state index contributed by atoms with van der Waals surface area (Å²) in [6.07, 6.45) is 0. The van der Waals surface area contributed by atoms with Gasteiger partial charge < -0.3 is 4.74 Å². The summed E-state index contributed by atoms with van der Waals surface area (Å²) in [7, 11) is 0. The highest BCUT2D eigenvalue weighted by Crippen LogP contribution is 1.81. The Hall–Kier alpha value is -0.610. The van der Waals surface area contributed by atoms with Gasteiger partial charge in [0.1, 0.15) is 6.61 Å². The summed E-state index contributed by atoms with van der Waals surface area (Å²) in [5.41, 5.74) is 0. The van der Waals surface area contributed by atoms with Gasteiger partial charge in [-0.25, -0.2) is 5.84 Å². The number of nitrogens with two attached hydrogens (primary N) is 1. The maximum absolute atomic E-state index is 10.8. The molecular formula is C6H14N2O2. The van der Waals surface area contributed by atoms with Gasteiger partial charge in [0.25, 0.3) is 5.91 Å². The van der Waals surface area contributed by atoms with E-state index in [0.717, 1.165) is 5.01 Å². The molecule has 0 aromatic rings. The van der Waals surface area contributed by atoms with E-state index in [0.29, 0.717) is 13.2 Å². The lowest BCUT2D eigenvalue weighted by Gasteiger charge is -2.12. The molecule has 0 heterocycles. The average molecular weight is 146 g/mol. The van der Waals surface area contributed by atoms with Crippen LogP contribution in [0.4, 0.5) is 0 Å². The standard InChI is InChI=1S/C6H14N2O2/c1-3-8(7)6(9)5-10-4-2/h3-5,7H2,1-2H3. The third-order valence-corrected chi connectivity index (χ3v) is 1.09. The minimum Gasteiger partial charge on any atom is -0.372 e. The van der Waals surface area contributed by atoms with E-state index in [1.54, 1.807) is 0 Å². The van der Waals surface area contributed by atoms with Crippen molar-refractivity contribution < 1.29 is 9.53 Å². The Bertz CT molecular complexity index is 106. The van der Waals surface area contributed by atoms with E-state index in [1.807, 2.05) is 13.8 Å². The number of likely N-dealkylation sites (N-methyl/N-ethyl adjacent to an activating group) is 1. The van der Waals surface area contributed by atoms with Crippen LogP contribution in [0.25, 0.3) is 0 Å². The van der Waals surface area contributed by atoms with E-state index in [9.17, 15) is 4.79 Å². The summed E-state index contributed by atoms with van der Waals surface area (Å²) in [6.45, 7) is 4.79. The van der Waals surface area contributed by atoms with Gasteiger partial charge in [-0.3, -0.25) is 9.80 Å². The number of rotatable bonds is 4. The van der Waals surface area contributed by atoms with E-state index < -0.39 is 0 Å². The highest BCUT2D eigenvalue weighted by atomic mass is 16.5. The highest BCUT2D eigenvalue weighted by molar-refractivity contribution is 5.76. The van der Waals surface area contributed by atoms with Crippen molar-refractivity contribution in [2.24, 2.45) is 5.84 Å². The first-order valence-corrected chi connectivity index (χ1v) is 3.35. The van der Waals surface area contributed by atoms with Crippen LogP contribution in [-0.4, -0.2) is 30.7 Å². The maximum Gasteiger partial charge on any atom is 0.262 e. The third-order valence-electron chi connectivity index (χ3n) is 1.09. The topological polar surface area (TPSA) is 55.6 Å². The van der Waals surface area contributed by atoms with Crippen molar-refractivity contribution in [3.63, 3.8) is 0 Å². The van der Waals surface area contributed by atoms with Crippen LogP contribution < -0.4 is 5.84 Å². The molecule has 0 atom stereocenters. The van der Waals surface area contributed by atoms with Gasteiger partial charge in [0.15, 0.2) is 0 Å². The van der Waals surface area contributed by atoms with Gasteiger partial charge >= 0.3 is 0 Å². The Kier molecular flexibility index (Phi) is 4.88. The molecule has 0 unspecified atom stereocenters. The zero-order valence-electron chi connectivity index (χ0n) is 6.46. The molecule has 10 heavy (non-hydrogen) atoms. The number of ether oxygens (including phenoxy) is 1. The second-order valence-electron chi connectivity index (χ2n) is 1.82. The quantitative estimate of drug-likeness (QED) is 0.338. The zero-order chi connectivity index (χ0) is 7.98. The Morgan fingerprint density at radius 2 is 2.20 bits per heavy atom. The monoisotopic (exact) mass is 146 g/mol. The van der Waals surface area contributed by atoms with E-state index in [1.165, 1.54) is 0 Å². The Morgan fingerprint density at radius 1 is 1.60 bits per heavy atom. The van der Waals surface area contributed by atoms with Crippen LogP contribution in [0.2, 0.25) is 0 Å². The van der Waals surface area contributed by atoms with Crippen LogP contribution in [0.15, 0.2) is 0 Å². The van der Waals surface area contributed by atoms with Crippen LogP contribution in [-0.2, 0) is 9.53 Å². The smallest absolute Gasteiger partial charge is 0.262 e. The lowest BCUT2D eigenvalue weighted by Crippen LogP contribution is -2.39. The Balaban J connectivity index is 3.42. The van der Waals surface area contributed by atoms with Crippen molar-refractivity contribution in [2.45, 2.75) is 13.8 Å². The van der Waals surface area contributed by atoms with Crippen LogP contribution in [0.3, 0.4) is 0 Å². The lowest BCUT2D eigenvalue weighted by atomic mass is 10.6. The van der Waals surface area contributed by atoms with Crippen molar-refractivity contribution in [1.29, 1.82) is 0 Å². The van der Waals surface area contributed by atoms with Gasteiger partial charge in [-0.05, 0) is 13.8 Å².